The van der Waals surface area contributed by atoms with E-state index >= 15 is 0 Å². The number of nitrogens with zero attached hydrogens (tertiary/aromatic N) is 7. The van der Waals surface area contributed by atoms with Gasteiger partial charge in [-0.15, -0.1) is 0 Å². The van der Waals surface area contributed by atoms with E-state index in [2.05, 4.69) is 49.0 Å². The van der Waals surface area contributed by atoms with Crippen molar-refractivity contribution in [1.82, 2.24) is 33.7 Å². The Morgan fingerprint density at radius 3 is 2.42 bits per heavy atom. The molecule has 0 spiro atoms. The van der Waals surface area contributed by atoms with Crippen molar-refractivity contribution in [3.8, 4) is 11.4 Å². The average Bonchev–Trinajstić information content (AvgIpc) is 3.91. The van der Waals surface area contributed by atoms with Gasteiger partial charge in [0.1, 0.15) is 36.1 Å². The fraction of sp³-hybridized carbons (Fsp3) is 0.194. The first-order valence-corrected chi connectivity index (χ1v) is 18.2. The molecule has 3 atom stereocenters. The zero-order valence-corrected chi connectivity index (χ0v) is 30.3. The number of ketones is 2. The third-order valence-corrected chi connectivity index (χ3v) is 9.50. The molecule has 17 nitrogen and oxygen atoms in total. The molecular formula is C36H31N11O6S2. The molecule has 0 saturated heterocycles. The third-order valence-electron chi connectivity index (χ3n) is 8.33. The van der Waals surface area contributed by atoms with Crippen LogP contribution >= 0.6 is 23.3 Å². The zero-order valence-electron chi connectivity index (χ0n) is 28.7. The van der Waals surface area contributed by atoms with Crippen molar-refractivity contribution < 1.29 is 28.8 Å². The average molecular weight is 778 g/mol. The predicted molar refractivity (Wildman–Crippen MR) is 203 cm³/mol. The molecule has 0 aliphatic carbocycles. The Hall–Kier alpha value is -6.73. The lowest BCUT2D eigenvalue weighted by molar-refractivity contribution is -0.137. The fourth-order valence-corrected chi connectivity index (χ4v) is 6.85. The van der Waals surface area contributed by atoms with Gasteiger partial charge in [0, 0.05) is 36.3 Å². The Kier molecular flexibility index (Phi) is 12.3. The summed E-state index contributed by atoms with van der Waals surface area (Å²) < 4.78 is 12.6. The maximum absolute atomic E-state index is 13.7. The molecule has 0 fully saturated rings. The quantitative estimate of drug-likeness (QED) is 0.106. The van der Waals surface area contributed by atoms with Gasteiger partial charge < -0.3 is 21.7 Å². The van der Waals surface area contributed by atoms with Crippen molar-refractivity contribution in [3.63, 3.8) is 0 Å². The van der Waals surface area contributed by atoms with Gasteiger partial charge in [0.15, 0.2) is 5.69 Å². The van der Waals surface area contributed by atoms with Crippen LogP contribution in [0.5, 0.6) is 0 Å². The molecule has 55 heavy (non-hydrogen) atoms. The first kappa shape index (κ1) is 38.0. The molecule has 5 N–H and O–H groups in total. The van der Waals surface area contributed by atoms with Gasteiger partial charge in [-0.05, 0) is 53.7 Å². The van der Waals surface area contributed by atoms with Gasteiger partial charge in [-0.25, -0.2) is 15.0 Å². The van der Waals surface area contributed by atoms with Gasteiger partial charge in [-0.1, -0.05) is 42.5 Å². The molecule has 1 aliphatic rings. The van der Waals surface area contributed by atoms with E-state index in [4.69, 9.17) is 5.73 Å². The Balaban J connectivity index is 1.16. The van der Waals surface area contributed by atoms with Crippen molar-refractivity contribution in [2.75, 3.05) is 5.32 Å². The second-order valence-electron chi connectivity index (χ2n) is 12.0. The standard InChI is InChI=1S/C36H31N11O6S2/c37-33(50)31(48)27(44-34(51)23-17-54-45-28(23)24-11-13-38-18-40-24)16-21-7-4-8-22(15-21)42-36(53)32(49)26(10-9-20-5-2-1-3-6-20)43-35(52)30-29(46-55-47-30)25-12-14-39-19-41-25/h1-8,11,13-15,17-19,25-27H,9-10,12,16H2,(H2,37,50)(H,42,53)(H,43,52)(H,44,51). The Morgan fingerprint density at radius 1 is 0.873 bits per heavy atom. The normalized spacial score (nSPS) is 14.4. The number of carbonyl (C=O) groups excluding carboxylic acids is 6. The highest BCUT2D eigenvalue weighted by atomic mass is 32.1. The summed E-state index contributed by atoms with van der Waals surface area (Å²) in [5.41, 5.74) is 7.92. The van der Waals surface area contributed by atoms with Crippen LogP contribution in [0.3, 0.4) is 0 Å². The summed E-state index contributed by atoms with van der Waals surface area (Å²) in [5, 5.41) is 9.29. The SMILES string of the molecule is NC(=O)C(=O)C(Cc1cccc(NC(=O)C(=O)C(CCc2ccccc2)NC(=O)c2nsnc2C2CC=NC=N2)c1)NC(=O)c1csnc1-c1ccncn1. The van der Waals surface area contributed by atoms with Crippen LogP contribution in [-0.4, -0.2) is 82.9 Å². The zero-order chi connectivity index (χ0) is 38.7. The van der Waals surface area contributed by atoms with E-state index in [1.807, 2.05) is 30.3 Å². The number of Topliss-reactive ketones (excluding diaryl/α,β-unsaturated/α-hetero) is 2. The van der Waals surface area contributed by atoms with Crippen molar-refractivity contribution in [1.29, 1.82) is 0 Å². The van der Waals surface area contributed by atoms with E-state index in [0.29, 0.717) is 29.8 Å². The fourth-order valence-electron chi connectivity index (χ4n) is 5.59. The Morgan fingerprint density at radius 2 is 1.67 bits per heavy atom. The van der Waals surface area contributed by atoms with Crippen LogP contribution in [0.4, 0.5) is 5.69 Å². The summed E-state index contributed by atoms with van der Waals surface area (Å²) in [7, 11) is 0. The molecule has 0 bridgehead atoms. The number of nitrogens with one attached hydrogen (secondary N) is 3. The van der Waals surface area contributed by atoms with E-state index in [1.54, 1.807) is 24.4 Å². The van der Waals surface area contributed by atoms with E-state index in [9.17, 15) is 28.8 Å². The molecule has 6 rings (SSSR count). The Bertz CT molecular complexity index is 2280. The minimum absolute atomic E-state index is 0.000686. The van der Waals surface area contributed by atoms with Gasteiger partial charge in [0.2, 0.25) is 11.6 Å². The van der Waals surface area contributed by atoms with Crippen molar-refractivity contribution >= 4 is 76.7 Å². The van der Waals surface area contributed by atoms with Crippen LogP contribution in [0.15, 0.2) is 88.6 Å². The summed E-state index contributed by atoms with van der Waals surface area (Å²) in [4.78, 5) is 95.1. The first-order chi connectivity index (χ1) is 26.7. The largest absolute Gasteiger partial charge is 0.363 e. The summed E-state index contributed by atoms with van der Waals surface area (Å²) in [6.45, 7) is 0. The minimum Gasteiger partial charge on any atom is -0.363 e. The topological polar surface area (TPSA) is 254 Å². The van der Waals surface area contributed by atoms with Crippen LogP contribution in [0, 0.1) is 0 Å². The molecule has 0 saturated carbocycles. The highest BCUT2D eigenvalue weighted by Crippen LogP contribution is 2.25. The number of amides is 4. The van der Waals surface area contributed by atoms with Gasteiger partial charge in [-0.3, -0.25) is 33.8 Å². The second-order valence-corrected chi connectivity index (χ2v) is 13.2. The molecule has 3 unspecified atom stereocenters. The molecule has 1 aliphatic heterocycles. The molecule has 4 heterocycles. The number of hydrogen-bond donors (Lipinski definition) is 4. The monoisotopic (exact) mass is 777 g/mol. The molecule has 278 valence electrons. The first-order valence-electron chi connectivity index (χ1n) is 16.7. The number of nitrogens with two attached hydrogens (primary N) is 1. The molecular weight excluding hydrogens is 747 g/mol. The number of primary amides is 1. The second kappa shape index (κ2) is 17.9. The van der Waals surface area contributed by atoms with Gasteiger partial charge in [0.25, 0.3) is 23.6 Å². The molecule has 2 aromatic carbocycles. The van der Waals surface area contributed by atoms with Crippen molar-refractivity contribution in [3.05, 3.63) is 107 Å². The van der Waals surface area contributed by atoms with Crippen LogP contribution in [0.2, 0.25) is 0 Å². The van der Waals surface area contributed by atoms with E-state index in [1.165, 1.54) is 36.4 Å². The predicted octanol–water partition coefficient (Wildman–Crippen LogP) is 2.33. The number of benzene rings is 2. The number of hydrogen-bond acceptors (Lipinski definition) is 15. The smallest absolute Gasteiger partial charge is 0.293 e. The van der Waals surface area contributed by atoms with Crippen LogP contribution in [0.25, 0.3) is 11.4 Å². The van der Waals surface area contributed by atoms with E-state index in [-0.39, 0.29) is 35.5 Å². The molecule has 19 heteroatoms. The van der Waals surface area contributed by atoms with Gasteiger partial charge >= 0.3 is 0 Å². The number of rotatable bonds is 16. The molecule has 5 aromatic rings. The number of anilines is 1. The Labute approximate surface area is 321 Å². The highest BCUT2D eigenvalue weighted by Gasteiger charge is 2.32. The minimum atomic E-state index is -1.38. The third kappa shape index (κ3) is 9.64. The molecule has 3 aromatic heterocycles. The lowest BCUT2D eigenvalue weighted by Crippen LogP contribution is -2.47. The maximum atomic E-state index is 13.7. The summed E-state index contributed by atoms with van der Waals surface area (Å²) >= 11 is 1.84. The van der Waals surface area contributed by atoms with Gasteiger partial charge in [-0.2, -0.15) is 13.1 Å². The van der Waals surface area contributed by atoms with Crippen LogP contribution in [-0.2, 0) is 32.0 Å². The highest BCUT2D eigenvalue weighted by molar-refractivity contribution is 7.04. The van der Waals surface area contributed by atoms with Crippen LogP contribution < -0.4 is 21.7 Å². The van der Waals surface area contributed by atoms with Crippen molar-refractivity contribution in [2.24, 2.45) is 15.7 Å². The van der Waals surface area contributed by atoms with Gasteiger partial charge in [0.05, 0.1) is 29.0 Å². The summed E-state index contributed by atoms with van der Waals surface area (Å²) in [6, 6.07) is 13.9. The van der Waals surface area contributed by atoms with E-state index in [0.717, 1.165) is 28.8 Å². The van der Waals surface area contributed by atoms with Crippen molar-refractivity contribution in [2.45, 2.75) is 43.8 Å². The number of aryl methyl sites for hydroxylation is 1. The lowest BCUT2D eigenvalue weighted by atomic mass is 10.00. The molecule has 4 amide bonds. The van der Waals surface area contributed by atoms with Crippen LogP contribution in [0.1, 0.15) is 56.6 Å². The number of aromatic nitrogens is 5. The lowest BCUT2D eigenvalue weighted by Gasteiger charge is -2.19. The number of aliphatic imine (C=N–C) groups is 2. The maximum Gasteiger partial charge on any atom is 0.293 e. The van der Waals surface area contributed by atoms with E-state index < -0.39 is 53.3 Å². The number of carbonyl (C=O) groups is 6. The molecule has 0 radical (unpaired) electrons. The summed E-state index contributed by atoms with van der Waals surface area (Å²) in [6.07, 6.45) is 6.50. The summed E-state index contributed by atoms with van der Waals surface area (Å²) in [5.74, 6) is -5.62.